The summed E-state index contributed by atoms with van der Waals surface area (Å²) in [5.74, 6) is 0.674. The maximum Gasteiger partial charge on any atom is 0.0346 e. The van der Waals surface area contributed by atoms with E-state index < -0.39 is 0 Å². The normalized spacial score (nSPS) is 13.4. The molecule has 0 aromatic heterocycles. The lowest BCUT2D eigenvalue weighted by molar-refractivity contribution is 0.200. The molecule has 0 spiro atoms. The Hall–Kier alpha value is -1.02. The van der Waals surface area contributed by atoms with Gasteiger partial charge in [0.1, 0.15) is 0 Å². The molecular formula is C14H24N2. The summed E-state index contributed by atoms with van der Waals surface area (Å²) in [6, 6.07) is 6.93. The molecule has 1 aromatic rings. The maximum absolute atomic E-state index is 5.91. The van der Waals surface area contributed by atoms with Crippen LogP contribution in [0, 0.1) is 12.8 Å². The molecule has 0 radical (unpaired) electrons. The van der Waals surface area contributed by atoms with E-state index in [1.807, 2.05) is 6.92 Å². The second-order valence-corrected chi connectivity index (χ2v) is 5.09. The summed E-state index contributed by atoms with van der Waals surface area (Å²) in [5, 5.41) is 0. The van der Waals surface area contributed by atoms with Crippen LogP contribution in [0.5, 0.6) is 0 Å². The number of rotatable bonds is 4. The fourth-order valence-corrected chi connectivity index (χ4v) is 1.73. The van der Waals surface area contributed by atoms with Crippen LogP contribution in [0.1, 0.15) is 31.9 Å². The van der Waals surface area contributed by atoms with Crippen LogP contribution in [0.25, 0.3) is 0 Å². The molecule has 0 amide bonds. The lowest BCUT2D eigenvalue weighted by Gasteiger charge is -2.28. The van der Waals surface area contributed by atoms with Gasteiger partial charge in [-0.15, -0.1) is 0 Å². The van der Waals surface area contributed by atoms with Crippen LogP contribution in [-0.4, -0.2) is 18.0 Å². The van der Waals surface area contributed by atoms with E-state index in [0.29, 0.717) is 12.0 Å². The van der Waals surface area contributed by atoms with Crippen molar-refractivity contribution < 1.29 is 0 Å². The van der Waals surface area contributed by atoms with Gasteiger partial charge in [-0.2, -0.15) is 0 Å². The minimum atomic E-state index is 0.586. The number of anilines is 1. The first kappa shape index (κ1) is 13.0. The molecule has 1 rings (SSSR count). The van der Waals surface area contributed by atoms with Crippen molar-refractivity contribution in [3.05, 3.63) is 29.3 Å². The van der Waals surface area contributed by atoms with Crippen LogP contribution >= 0.6 is 0 Å². The average Bonchev–Trinajstić information content (AvgIpc) is 2.22. The molecule has 16 heavy (non-hydrogen) atoms. The molecule has 0 saturated carbocycles. The third-order valence-electron chi connectivity index (χ3n) is 3.44. The quantitative estimate of drug-likeness (QED) is 0.790. The molecule has 0 aliphatic carbocycles. The van der Waals surface area contributed by atoms with Gasteiger partial charge in [0, 0.05) is 18.3 Å². The first-order chi connectivity index (χ1) is 7.41. The Morgan fingerprint density at radius 2 is 1.88 bits per heavy atom. The topological polar surface area (TPSA) is 29.3 Å². The van der Waals surface area contributed by atoms with E-state index in [1.54, 1.807) is 0 Å². The standard InChI is InChI=1S/C14H24N2/c1-10(2)12(4)16(5)9-13-7-6-11(3)14(15)8-13/h6-8,10,12H,9,15H2,1-5H3. The summed E-state index contributed by atoms with van der Waals surface area (Å²) in [4.78, 5) is 2.37. The van der Waals surface area contributed by atoms with Gasteiger partial charge in [0.25, 0.3) is 0 Å². The van der Waals surface area contributed by atoms with Gasteiger partial charge in [-0.3, -0.25) is 4.90 Å². The van der Waals surface area contributed by atoms with Crippen LogP contribution < -0.4 is 5.73 Å². The van der Waals surface area contributed by atoms with Gasteiger partial charge in [-0.1, -0.05) is 26.0 Å². The summed E-state index contributed by atoms with van der Waals surface area (Å²) in [6.45, 7) is 9.78. The second-order valence-electron chi connectivity index (χ2n) is 5.09. The van der Waals surface area contributed by atoms with E-state index in [4.69, 9.17) is 5.73 Å². The second kappa shape index (κ2) is 5.35. The van der Waals surface area contributed by atoms with Gasteiger partial charge in [0.05, 0.1) is 0 Å². The summed E-state index contributed by atoms with van der Waals surface area (Å²) in [7, 11) is 2.17. The molecule has 1 unspecified atom stereocenters. The maximum atomic E-state index is 5.91. The number of nitrogens with zero attached hydrogens (tertiary/aromatic N) is 1. The molecule has 2 nitrogen and oxygen atoms in total. The number of hydrogen-bond acceptors (Lipinski definition) is 2. The van der Waals surface area contributed by atoms with E-state index in [-0.39, 0.29) is 0 Å². The average molecular weight is 220 g/mol. The predicted molar refractivity (Wildman–Crippen MR) is 71.4 cm³/mol. The molecule has 2 heteroatoms. The first-order valence-electron chi connectivity index (χ1n) is 5.97. The minimum Gasteiger partial charge on any atom is -0.399 e. The van der Waals surface area contributed by atoms with Crippen molar-refractivity contribution in [1.82, 2.24) is 4.90 Å². The highest BCUT2D eigenvalue weighted by Gasteiger charge is 2.13. The highest BCUT2D eigenvalue weighted by Crippen LogP contribution is 2.16. The molecule has 2 N–H and O–H groups in total. The zero-order valence-electron chi connectivity index (χ0n) is 11.1. The zero-order chi connectivity index (χ0) is 12.3. The van der Waals surface area contributed by atoms with Gasteiger partial charge < -0.3 is 5.73 Å². The summed E-state index contributed by atoms with van der Waals surface area (Å²) < 4.78 is 0. The smallest absolute Gasteiger partial charge is 0.0346 e. The van der Waals surface area contributed by atoms with Crippen molar-refractivity contribution in [2.75, 3.05) is 12.8 Å². The molecule has 0 bridgehead atoms. The van der Waals surface area contributed by atoms with Crippen molar-refractivity contribution >= 4 is 5.69 Å². The van der Waals surface area contributed by atoms with Crippen molar-refractivity contribution in [2.45, 2.75) is 40.3 Å². The Balaban J connectivity index is 2.69. The number of benzene rings is 1. The van der Waals surface area contributed by atoms with Crippen molar-refractivity contribution in [3.8, 4) is 0 Å². The molecule has 1 aromatic carbocycles. The van der Waals surface area contributed by atoms with Gasteiger partial charge >= 0.3 is 0 Å². The molecule has 1 atom stereocenters. The molecule has 0 aliphatic heterocycles. The van der Waals surface area contributed by atoms with Crippen molar-refractivity contribution in [1.29, 1.82) is 0 Å². The van der Waals surface area contributed by atoms with E-state index in [9.17, 15) is 0 Å². The van der Waals surface area contributed by atoms with Crippen LogP contribution in [0.3, 0.4) is 0 Å². The van der Waals surface area contributed by atoms with Gasteiger partial charge in [0.15, 0.2) is 0 Å². The Morgan fingerprint density at radius 3 is 2.38 bits per heavy atom. The highest BCUT2D eigenvalue weighted by atomic mass is 15.1. The largest absolute Gasteiger partial charge is 0.399 e. The van der Waals surface area contributed by atoms with Crippen molar-refractivity contribution in [2.24, 2.45) is 5.92 Å². The lowest BCUT2D eigenvalue weighted by atomic mass is 10.0. The Kier molecular flexibility index (Phi) is 4.36. The highest BCUT2D eigenvalue weighted by molar-refractivity contribution is 5.48. The Bertz CT molecular complexity index is 345. The van der Waals surface area contributed by atoms with E-state index in [1.165, 1.54) is 5.56 Å². The summed E-state index contributed by atoms with van der Waals surface area (Å²) in [6.07, 6.45) is 0. The molecule has 0 fully saturated rings. The zero-order valence-corrected chi connectivity index (χ0v) is 11.1. The molecule has 0 aliphatic rings. The third-order valence-corrected chi connectivity index (χ3v) is 3.44. The molecular weight excluding hydrogens is 196 g/mol. The van der Waals surface area contributed by atoms with Crippen LogP contribution in [0.15, 0.2) is 18.2 Å². The summed E-state index contributed by atoms with van der Waals surface area (Å²) >= 11 is 0. The van der Waals surface area contributed by atoms with Gasteiger partial charge in [-0.25, -0.2) is 0 Å². The number of nitrogens with two attached hydrogens (primary N) is 1. The summed E-state index contributed by atoms with van der Waals surface area (Å²) in [5.41, 5.74) is 9.25. The fourth-order valence-electron chi connectivity index (χ4n) is 1.73. The number of hydrogen-bond donors (Lipinski definition) is 1. The van der Waals surface area contributed by atoms with Gasteiger partial charge in [-0.05, 0) is 44.0 Å². The molecule has 0 heterocycles. The number of nitrogen functional groups attached to an aromatic ring is 1. The van der Waals surface area contributed by atoms with Gasteiger partial charge in [0.2, 0.25) is 0 Å². The fraction of sp³-hybridized carbons (Fsp3) is 0.571. The molecule has 90 valence electrons. The Morgan fingerprint density at radius 1 is 1.25 bits per heavy atom. The minimum absolute atomic E-state index is 0.586. The Labute approximate surface area is 99.5 Å². The molecule has 0 saturated heterocycles. The van der Waals surface area contributed by atoms with Crippen LogP contribution in [-0.2, 0) is 6.54 Å². The van der Waals surface area contributed by atoms with Crippen molar-refractivity contribution in [3.63, 3.8) is 0 Å². The number of aryl methyl sites for hydroxylation is 1. The van der Waals surface area contributed by atoms with E-state index in [2.05, 4.69) is 50.9 Å². The third kappa shape index (κ3) is 3.24. The first-order valence-corrected chi connectivity index (χ1v) is 5.97. The van der Waals surface area contributed by atoms with E-state index in [0.717, 1.165) is 17.8 Å². The predicted octanol–water partition coefficient (Wildman–Crippen LogP) is 3.05. The van der Waals surface area contributed by atoms with E-state index >= 15 is 0 Å². The monoisotopic (exact) mass is 220 g/mol. The SMILES string of the molecule is Cc1ccc(CN(C)C(C)C(C)C)cc1N. The van der Waals surface area contributed by atoms with Crippen LogP contribution in [0.4, 0.5) is 5.69 Å². The van der Waals surface area contributed by atoms with Crippen LogP contribution in [0.2, 0.25) is 0 Å². The lowest BCUT2D eigenvalue weighted by Crippen LogP contribution is -2.32.